The van der Waals surface area contributed by atoms with Crippen molar-refractivity contribution < 1.29 is 44.4 Å². The fourth-order valence-electron chi connectivity index (χ4n) is 6.21. The minimum Gasteiger partial charge on any atom is -0.481 e. The normalized spacial score (nSPS) is 15.0. The number of carbonyl (C=O) groups is 5. The average Bonchev–Trinajstić information content (AvgIpc) is 3.10. The second-order valence-electron chi connectivity index (χ2n) is 13.6. The molecule has 4 aromatic carbocycles. The third kappa shape index (κ3) is 12.4. The summed E-state index contributed by atoms with van der Waals surface area (Å²) in [4.78, 5) is 59.7. The highest BCUT2D eigenvalue weighted by molar-refractivity contribution is 6.13. The molecular weight excluding hydrogens is 676 g/mol. The number of rotatable bonds is 9. The Balaban J connectivity index is 0.000000239. The highest BCUT2D eigenvalue weighted by Crippen LogP contribution is 2.33. The van der Waals surface area contributed by atoms with Crippen LogP contribution in [0, 0.1) is 32.6 Å². The van der Waals surface area contributed by atoms with Gasteiger partial charge in [-0.1, -0.05) is 79.1 Å². The number of anilines is 3. The van der Waals surface area contributed by atoms with Crippen LogP contribution in [0.25, 0.3) is 0 Å². The summed E-state index contributed by atoms with van der Waals surface area (Å²) in [5.41, 5.74) is 4.44. The lowest BCUT2D eigenvalue weighted by atomic mass is 9.78. The highest BCUT2D eigenvalue weighted by Gasteiger charge is 2.36. The monoisotopic (exact) mass is 724 g/mol. The number of amides is 2. The molecule has 280 valence electrons. The van der Waals surface area contributed by atoms with Crippen LogP contribution < -0.4 is 10.2 Å². The van der Waals surface area contributed by atoms with E-state index in [2.05, 4.69) is 5.32 Å². The van der Waals surface area contributed by atoms with E-state index >= 15 is 0 Å². The lowest BCUT2D eigenvalue weighted by Gasteiger charge is -2.28. The first kappa shape index (κ1) is 41.6. The molecule has 4 aromatic rings. The van der Waals surface area contributed by atoms with Crippen molar-refractivity contribution >= 4 is 46.8 Å². The molecule has 2 atom stereocenters. The Bertz CT molecular complexity index is 1860. The second-order valence-corrected chi connectivity index (χ2v) is 13.6. The number of carboxylic acids is 3. The van der Waals surface area contributed by atoms with Crippen molar-refractivity contribution in [1.29, 1.82) is 0 Å². The summed E-state index contributed by atoms with van der Waals surface area (Å²) < 4.78 is 0. The average molecular weight is 725 g/mol. The molecule has 0 bridgehead atoms. The van der Waals surface area contributed by atoms with E-state index in [1.807, 2.05) is 57.2 Å². The van der Waals surface area contributed by atoms with Gasteiger partial charge in [-0.2, -0.15) is 0 Å². The third-order valence-electron chi connectivity index (χ3n) is 8.54. The fourth-order valence-corrected chi connectivity index (χ4v) is 6.21. The van der Waals surface area contributed by atoms with E-state index in [0.717, 1.165) is 35.2 Å². The molecule has 53 heavy (non-hydrogen) atoms. The van der Waals surface area contributed by atoms with Gasteiger partial charge in [-0.05, 0) is 95.0 Å². The van der Waals surface area contributed by atoms with Crippen molar-refractivity contribution in [2.24, 2.45) is 11.8 Å². The number of aliphatic hydroxyl groups is 1. The fraction of sp³-hybridized carbons (Fsp3) is 0.310. The van der Waals surface area contributed by atoms with E-state index in [-0.39, 0.29) is 23.8 Å². The predicted octanol–water partition coefficient (Wildman–Crippen LogP) is 8.04. The Labute approximate surface area is 309 Å². The molecule has 1 aliphatic rings. The van der Waals surface area contributed by atoms with Crippen LogP contribution in [-0.4, -0.2) is 55.7 Å². The van der Waals surface area contributed by atoms with Crippen molar-refractivity contribution in [3.63, 3.8) is 0 Å². The van der Waals surface area contributed by atoms with Crippen molar-refractivity contribution in [2.45, 2.75) is 72.3 Å². The number of aryl methyl sites for hydroxylation is 3. The van der Waals surface area contributed by atoms with E-state index in [1.54, 1.807) is 54.6 Å². The van der Waals surface area contributed by atoms with Gasteiger partial charge in [-0.15, -0.1) is 0 Å². The molecule has 0 aliphatic heterocycles. The molecule has 11 heteroatoms. The molecule has 2 unspecified atom stereocenters. The molecule has 0 spiro atoms. The molecule has 0 saturated heterocycles. The molecule has 0 heterocycles. The quantitative estimate of drug-likeness (QED) is 0.114. The number of aromatic carboxylic acids is 1. The van der Waals surface area contributed by atoms with Crippen LogP contribution in [0.1, 0.15) is 83.4 Å². The summed E-state index contributed by atoms with van der Waals surface area (Å²) >= 11 is 0. The van der Waals surface area contributed by atoms with Crippen molar-refractivity contribution in [3.05, 3.63) is 125 Å². The molecule has 1 fully saturated rings. The second kappa shape index (κ2) is 19.1. The Kier molecular flexibility index (Phi) is 15.0. The number of carboxylic acid groups (broad SMARTS) is 3. The van der Waals surface area contributed by atoms with Gasteiger partial charge in [0.2, 0.25) is 5.91 Å². The summed E-state index contributed by atoms with van der Waals surface area (Å²) in [6, 6.07) is 28.4. The zero-order chi connectivity index (χ0) is 39.3. The molecule has 1 aliphatic carbocycles. The molecule has 1 saturated carbocycles. The molecule has 2 amide bonds. The molecular formula is C42H48N2O9. The molecule has 5 N–H and O–H groups in total. The first-order chi connectivity index (χ1) is 25.0. The van der Waals surface area contributed by atoms with E-state index in [9.17, 15) is 34.2 Å². The van der Waals surface area contributed by atoms with Gasteiger partial charge in [-0.25, -0.2) is 4.79 Å². The topological polar surface area (TPSA) is 182 Å². The van der Waals surface area contributed by atoms with Crippen LogP contribution >= 0.6 is 0 Å². The van der Waals surface area contributed by atoms with Crippen LogP contribution in [0.15, 0.2) is 97.1 Å². The van der Waals surface area contributed by atoms with Gasteiger partial charge in [0, 0.05) is 16.9 Å². The van der Waals surface area contributed by atoms with Gasteiger partial charge >= 0.3 is 17.9 Å². The standard InChI is InChI=1S/C20H15NO3.C17H23NO3.C5H10O3/c22-19(15-9-3-1-4-10-15)21(16-11-5-2-6-12-16)18-14-8-7-13-17(18)20(23)24;1-10-8-11(2)15(12(3)9-10)18-16(19)13-6-4-5-7-14(13)17(20)21;1-5(2,8)3-4(6)7/h1-14H,(H,23,24);8-9,13-14H,4-7H2,1-3H3,(H,18,19)(H,20,21);8H,3H2,1-2H3,(H,6,7). The minimum atomic E-state index is -1.08. The van der Waals surface area contributed by atoms with Crippen molar-refractivity contribution in [2.75, 3.05) is 10.2 Å². The highest BCUT2D eigenvalue weighted by atomic mass is 16.4. The van der Waals surface area contributed by atoms with E-state index in [4.69, 9.17) is 10.2 Å². The maximum absolute atomic E-state index is 13.1. The molecule has 5 rings (SSSR count). The van der Waals surface area contributed by atoms with Gasteiger partial charge < -0.3 is 25.7 Å². The maximum atomic E-state index is 13.1. The maximum Gasteiger partial charge on any atom is 0.337 e. The third-order valence-corrected chi connectivity index (χ3v) is 8.54. The molecule has 0 aromatic heterocycles. The number of aliphatic carboxylic acids is 2. The number of hydrogen-bond acceptors (Lipinski definition) is 6. The summed E-state index contributed by atoms with van der Waals surface area (Å²) in [6.07, 6.45) is 2.87. The lowest BCUT2D eigenvalue weighted by Crippen LogP contribution is -2.36. The summed E-state index contributed by atoms with van der Waals surface area (Å²) in [6.45, 7) is 8.87. The van der Waals surface area contributed by atoms with Crippen molar-refractivity contribution in [1.82, 2.24) is 0 Å². The zero-order valence-electron chi connectivity index (χ0n) is 30.7. The van der Waals surface area contributed by atoms with Gasteiger partial charge in [0.1, 0.15) is 0 Å². The van der Waals surface area contributed by atoms with Gasteiger partial charge in [-0.3, -0.25) is 24.1 Å². The van der Waals surface area contributed by atoms with Crippen LogP contribution in [0.5, 0.6) is 0 Å². The van der Waals surface area contributed by atoms with Gasteiger partial charge in [0.25, 0.3) is 5.91 Å². The summed E-state index contributed by atoms with van der Waals surface area (Å²) in [7, 11) is 0. The van der Waals surface area contributed by atoms with Crippen LogP contribution in [0.2, 0.25) is 0 Å². The predicted molar refractivity (Wildman–Crippen MR) is 204 cm³/mol. The Morgan fingerprint density at radius 1 is 0.736 bits per heavy atom. The smallest absolute Gasteiger partial charge is 0.337 e. The van der Waals surface area contributed by atoms with Gasteiger partial charge in [0.05, 0.1) is 35.1 Å². The minimum absolute atomic E-state index is 0.0747. The Morgan fingerprint density at radius 2 is 1.25 bits per heavy atom. The lowest BCUT2D eigenvalue weighted by molar-refractivity contribution is -0.147. The van der Waals surface area contributed by atoms with E-state index in [0.29, 0.717) is 29.8 Å². The Hall–Kier alpha value is -5.81. The first-order valence-electron chi connectivity index (χ1n) is 17.3. The van der Waals surface area contributed by atoms with Crippen molar-refractivity contribution in [3.8, 4) is 0 Å². The van der Waals surface area contributed by atoms with Crippen LogP contribution in [-0.2, 0) is 14.4 Å². The SMILES string of the molecule is CC(C)(O)CC(=O)O.Cc1cc(C)c(NC(=O)C2CCCCC2C(=O)O)c(C)c1.O=C(O)c1ccccc1N(C(=O)c1ccccc1)c1ccccc1. The first-order valence-corrected chi connectivity index (χ1v) is 17.3. The summed E-state index contributed by atoms with van der Waals surface area (Å²) in [5.74, 6) is -4.31. The zero-order valence-corrected chi connectivity index (χ0v) is 30.7. The number of para-hydroxylation sites is 2. The van der Waals surface area contributed by atoms with Gasteiger partial charge in [0.15, 0.2) is 0 Å². The largest absolute Gasteiger partial charge is 0.481 e. The Morgan fingerprint density at radius 3 is 1.74 bits per heavy atom. The number of nitrogens with one attached hydrogen (secondary N) is 1. The number of benzene rings is 4. The summed E-state index contributed by atoms with van der Waals surface area (Å²) in [5, 5.41) is 38.6. The number of carbonyl (C=O) groups excluding carboxylic acids is 2. The van der Waals surface area contributed by atoms with E-state index < -0.39 is 35.3 Å². The molecule has 11 nitrogen and oxygen atoms in total. The van der Waals surface area contributed by atoms with Crippen LogP contribution in [0.3, 0.4) is 0 Å². The van der Waals surface area contributed by atoms with Crippen LogP contribution in [0.4, 0.5) is 17.1 Å². The molecule has 0 radical (unpaired) electrons. The number of hydrogen-bond donors (Lipinski definition) is 5. The van der Waals surface area contributed by atoms with E-state index in [1.165, 1.54) is 24.8 Å². The number of nitrogens with zero attached hydrogens (tertiary/aromatic N) is 1.